The van der Waals surface area contributed by atoms with Crippen LogP contribution in [0.5, 0.6) is 0 Å². The molecule has 0 aromatic rings. The van der Waals surface area contributed by atoms with E-state index in [-0.39, 0.29) is 6.42 Å². The Morgan fingerprint density at radius 1 is 0.482 bits per heavy atom. The molecule has 7 nitrogen and oxygen atoms in total. The second-order valence-corrected chi connectivity index (χ2v) is 18.4. The van der Waals surface area contributed by atoms with Crippen molar-refractivity contribution < 1.29 is 28.0 Å². The molecule has 0 saturated carbocycles. The molecule has 0 heterocycles. The highest BCUT2D eigenvalue weighted by atomic mass is 32.2. The summed E-state index contributed by atoms with van der Waals surface area (Å²) in [5.41, 5.74) is 0. The molecule has 0 aliphatic rings. The highest BCUT2D eigenvalue weighted by Crippen LogP contribution is 2.16. The van der Waals surface area contributed by atoms with Crippen LogP contribution >= 0.6 is 0 Å². The summed E-state index contributed by atoms with van der Waals surface area (Å²) in [4.78, 5) is 12.6. The van der Waals surface area contributed by atoms with Gasteiger partial charge < -0.3 is 15.5 Å². The van der Waals surface area contributed by atoms with Crippen LogP contribution in [-0.4, -0.2) is 53.1 Å². The van der Waals surface area contributed by atoms with E-state index in [0.29, 0.717) is 12.8 Å². The number of unbranched alkanes of at least 4 members (excludes halogenated alkanes) is 33. The predicted octanol–water partition coefficient (Wildman–Crippen LogP) is 13.7. The van der Waals surface area contributed by atoms with Gasteiger partial charge in [-0.15, -0.1) is 0 Å². The van der Waals surface area contributed by atoms with Gasteiger partial charge in [-0.3, -0.25) is 9.35 Å². The minimum atomic E-state index is -4.45. The van der Waals surface area contributed by atoms with E-state index in [9.17, 15) is 28.0 Å². The zero-order valence-electron chi connectivity index (χ0n) is 36.9. The van der Waals surface area contributed by atoms with E-state index in [2.05, 4.69) is 31.3 Å². The summed E-state index contributed by atoms with van der Waals surface area (Å²) in [7, 11) is -4.45. The highest BCUT2D eigenvalue weighted by molar-refractivity contribution is 7.85. The Morgan fingerprint density at radius 3 is 1.18 bits per heavy atom. The summed E-state index contributed by atoms with van der Waals surface area (Å²) < 4.78 is 32.6. The zero-order valence-corrected chi connectivity index (χ0v) is 37.7. The molecule has 0 aromatic heterocycles. The number of aliphatic hydroxyl groups excluding tert-OH is 2. The number of rotatable bonds is 44. The highest BCUT2D eigenvalue weighted by Gasteiger charge is 2.27. The normalized spacial score (nSPS) is 13.9. The van der Waals surface area contributed by atoms with Gasteiger partial charge in [0.05, 0.1) is 17.9 Å². The van der Waals surface area contributed by atoms with Crippen molar-refractivity contribution >= 4 is 16.0 Å². The fraction of sp³-hybridized carbons (Fsp3) is 0.896. The van der Waals surface area contributed by atoms with Crippen LogP contribution in [0.4, 0.5) is 0 Å². The molecule has 8 heteroatoms. The van der Waals surface area contributed by atoms with Crippen molar-refractivity contribution in [3.05, 3.63) is 24.3 Å². The molecule has 0 aliphatic carbocycles. The Morgan fingerprint density at radius 2 is 0.804 bits per heavy atom. The number of amides is 1. The third-order valence-corrected chi connectivity index (χ3v) is 12.0. The number of nitrogens with one attached hydrogen (secondary N) is 1. The first-order chi connectivity index (χ1) is 27.2. The Balaban J connectivity index is 3.95. The van der Waals surface area contributed by atoms with Crippen molar-refractivity contribution in [2.45, 2.75) is 270 Å². The number of aliphatic hydroxyl groups is 2. The van der Waals surface area contributed by atoms with Gasteiger partial charge in [-0.2, -0.15) is 8.42 Å². The third-order valence-electron chi connectivity index (χ3n) is 11.2. The summed E-state index contributed by atoms with van der Waals surface area (Å²) in [6.45, 7) is 4.54. The first kappa shape index (κ1) is 54.8. The molecule has 56 heavy (non-hydrogen) atoms. The molecule has 0 bridgehead atoms. The fourth-order valence-electron chi connectivity index (χ4n) is 7.53. The molecule has 0 aliphatic heterocycles. The van der Waals surface area contributed by atoms with Crippen LogP contribution in [0.25, 0.3) is 0 Å². The summed E-state index contributed by atoms with van der Waals surface area (Å²) in [5, 5.41) is 23.5. The first-order valence-corrected chi connectivity index (χ1v) is 25.8. The molecule has 0 fully saturated rings. The lowest BCUT2D eigenvalue weighted by Crippen LogP contribution is -2.50. The smallest absolute Gasteiger partial charge is 0.267 e. The Kier molecular flexibility index (Phi) is 41.0. The second kappa shape index (κ2) is 41.9. The summed E-state index contributed by atoms with van der Waals surface area (Å²) in [6, 6.07) is -1.25. The van der Waals surface area contributed by atoms with Crippen LogP contribution in [-0.2, 0) is 14.9 Å². The molecule has 4 N–H and O–H groups in total. The Bertz CT molecular complexity index is 1000. The van der Waals surface area contributed by atoms with Gasteiger partial charge in [0, 0.05) is 0 Å². The quantitative estimate of drug-likeness (QED) is 0.0276. The molecule has 0 spiro atoms. The van der Waals surface area contributed by atoms with E-state index in [1.54, 1.807) is 6.08 Å². The summed E-state index contributed by atoms with van der Waals surface area (Å²) >= 11 is 0. The topological polar surface area (TPSA) is 124 Å². The van der Waals surface area contributed by atoms with Gasteiger partial charge in [0.15, 0.2) is 0 Å². The molecular weight excluding hydrogens is 719 g/mol. The summed E-state index contributed by atoms with van der Waals surface area (Å²) in [6.07, 6.45) is 51.0. The van der Waals surface area contributed by atoms with Crippen LogP contribution in [0.2, 0.25) is 0 Å². The van der Waals surface area contributed by atoms with E-state index in [4.69, 9.17) is 0 Å². The lowest BCUT2D eigenvalue weighted by molar-refractivity contribution is -0.130. The maximum atomic E-state index is 12.6. The van der Waals surface area contributed by atoms with E-state index in [0.717, 1.165) is 32.1 Å². The monoisotopic (exact) mass is 812 g/mol. The minimum Gasteiger partial charge on any atom is -0.387 e. The largest absolute Gasteiger partial charge is 0.387 e. The summed E-state index contributed by atoms with van der Waals surface area (Å²) in [5.74, 6) is -1.55. The van der Waals surface area contributed by atoms with Crippen LogP contribution in [0.15, 0.2) is 24.3 Å². The molecule has 0 saturated heterocycles. The molecule has 1 amide bonds. The lowest BCUT2D eigenvalue weighted by Gasteiger charge is -2.22. The molecule has 0 rings (SSSR count). The fourth-order valence-corrected chi connectivity index (χ4v) is 8.27. The van der Waals surface area contributed by atoms with Gasteiger partial charge in [-0.05, 0) is 32.1 Å². The average Bonchev–Trinajstić information content (AvgIpc) is 3.17. The lowest BCUT2D eigenvalue weighted by atomic mass is 10.0. The molecule has 0 radical (unpaired) electrons. The maximum Gasteiger partial charge on any atom is 0.267 e. The molecule has 0 aromatic carbocycles. The van der Waals surface area contributed by atoms with Crippen LogP contribution in [0.1, 0.15) is 251 Å². The SMILES string of the molecule is CCCCCCCCCCCCCCC/C=C/CC/C=C/C(O)C(CS(=O)(=O)O)NC(=O)C(O)CCCCCCCCCCCCCCCCCCCCCC. The van der Waals surface area contributed by atoms with Gasteiger partial charge in [0.1, 0.15) is 6.10 Å². The maximum absolute atomic E-state index is 12.6. The van der Waals surface area contributed by atoms with Crippen molar-refractivity contribution in [2.24, 2.45) is 0 Å². The van der Waals surface area contributed by atoms with Gasteiger partial charge in [-0.25, -0.2) is 0 Å². The average molecular weight is 812 g/mol. The van der Waals surface area contributed by atoms with Crippen LogP contribution in [0, 0.1) is 0 Å². The Labute approximate surface area is 347 Å². The first-order valence-electron chi connectivity index (χ1n) is 24.1. The Hall–Kier alpha value is -1.22. The number of hydrogen-bond donors (Lipinski definition) is 4. The molecule has 3 unspecified atom stereocenters. The van der Waals surface area contributed by atoms with Crippen molar-refractivity contribution in [3.63, 3.8) is 0 Å². The predicted molar refractivity (Wildman–Crippen MR) is 241 cm³/mol. The van der Waals surface area contributed by atoms with E-state index in [1.165, 1.54) is 192 Å². The minimum absolute atomic E-state index is 0.279. The van der Waals surface area contributed by atoms with Gasteiger partial charge in [0.25, 0.3) is 10.1 Å². The standard InChI is InChI=1S/C48H93NO6S/c1-3-5-7-9-11-13-15-17-19-21-23-25-27-29-31-33-35-37-39-41-43-47(51)48(52)49-45(44-56(53,54)55)46(50)42-40-38-36-34-32-30-28-26-24-22-20-18-16-14-12-10-8-6-4-2/h32,34,40,42,45-47,50-51H,3-31,33,35-39,41,43-44H2,1-2H3,(H,49,52)(H,53,54,55)/b34-32+,42-40+. The van der Waals surface area contributed by atoms with Crippen molar-refractivity contribution in [2.75, 3.05) is 5.75 Å². The number of carbonyl (C=O) groups is 1. The molecule has 3 atom stereocenters. The molecule has 332 valence electrons. The van der Waals surface area contributed by atoms with Crippen LogP contribution < -0.4 is 5.32 Å². The molecular formula is C48H93NO6S. The number of allylic oxidation sites excluding steroid dienone is 3. The van der Waals surface area contributed by atoms with E-state index < -0.39 is 40.0 Å². The van der Waals surface area contributed by atoms with Crippen molar-refractivity contribution in [3.8, 4) is 0 Å². The van der Waals surface area contributed by atoms with Gasteiger partial charge >= 0.3 is 0 Å². The second-order valence-electron chi connectivity index (χ2n) is 16.9. The van der Waals surface area contributed by atoms with Crippen LogP contribution in [0.3, 0.4) is 0 Å². The van der Waals surface area contributed by atoms with Crippen molar-refractivity contribution in [1.82, 2.24) is 5.32 Å². The number of hydrogen-bond acceptors (Lipinski definition) is 5. The van der Waals surface area contributed by atoms with Gasteiger partial charge in [0.2, 0.25) is 5.91 Å². The zero-order chi connectivity index (χ0) is 41.2. The third kappa shape index (κ3) is 41.0. The van der Waals surface area contributed by atoms with Crippen molar-refractivity contribution in [1.29, 1.82) is 0 Å². The van der Waals surface area contributed by atoms with E-state index in [1.807, 2.05) is 0 Å². The van der Waals surface area contributed by atoms with E-state index >= 15 is 0 Å². The number of carbonyl (C=O) groups excluding carboxylic acids is 1. The van der Waals surface area contributed by atoms with Gasteiger partial charge in [-0.1, -0.05) is 244 Å².